The lowest BCUT2D eigenvalue weighted by Crippen LogP contribution is -2.22. The summed E-state index contributed by atoms with van der Waals surface area (Å²) in [5.74, 6) is 1.03. The highest BCUT2D eigenvalue weighted by atomic mass is 32.2. The van der Waals surface area contributed by atoms with Crippen molar-refractivity contribution >= 4 is 22.7 Å². The van der Waals surface area contributed by atoms with Crippen LogP contribution in [0.15, 0.2) is 45.1 Å². The van der Waals surface area contributed by atoms with Gasteiger partial charge >= 0.3 is 0 Å². The van der Waals surface area contributed by atoms with Crippen molar-refractivity contribution in [3.05, 3.63) is 67.9 Å². The number of hydrogen-bond acceptors (Lipinski definition) is 5. The highest BCUT2D eigenvalue weighted by Crippen LogP contribution is 2.22. The fourth-order valence-electron chi connectivity index (χ4n) is 3.07. The van der Waals surface area contributed by atoms with E-state index in [4.69, 9.17) is 0 Å². The zero-order valence-electron chi connectivity index (χ0n) is 15.1. The standard InChI is InChI=1S/C18H18N6O2S/c1-10-6-4-5-7-12(10)9-27-18-19-17(20-21-18)24-11(2)15-13(8-14(24)25)22-23(3)16(15)26/h4-8,22H,9H2,1-3H3,(H,19,20,21). The van der Waals surface area contributed by atoms with Crippen molar-refractivity contribution in [2.75, 3.05) is 0 Å². The van der Waals surface area contributed by atoms with Crippen molar-refractivity contribution in [3.8, 4) is 5.95 Å². The van der Waals surface area contributed by atoms with Crippen LogP contribution >= 0.6 is 11.8 Å². The van der Waals surface area contributed by atoms with Crippen LogP contribution in [0.1, 0.15) is 16.8 Å². The molecule has 27 heavy (non-hydrogen) atoms. The van der Waals surface area contributed by atoms with Crippen molar-refractivity contribution in [3.63, 3.8) is 0 Å². The van der Waals surface area contributed by atoms with Crippen molar-refractivity contribution < 1.29 is 0 Å². The Labute approximate surface area is 158 Å². The Bertz CT molecular complexity index is 1260. The SMILES string of the molecule is Cc1ccccc1CSc1n[nH]c(-n2c(C)c3c(=O)n(C)[nH]c3cc2=O)n1. The third-order valence-electron chi connectivity index (χ3n) is 4.54. The molecule has 2 N–H and O–H groups in total. The van der Waals surface area contributed by atoms with Gasteiger partial charge in [0.15, 0.2) is 0 Å². The molecule has 0 aliphatic heterocycles. The predicted molar refractivity (Wildman–Crippen MR) is 105 cm³/mol. The summed E-state index contributed by atoms with van der Waals surface area (Å²) in [5.41, 5.74) is 2.97. The van der Waals surface area contributed by atoms with Crippen LogP contribution in [-0.4, -0.2) is 29.5 Å². The second-order valence-corrected chi connectivity index (χ2v) is 7.27. The maximum Gasteiger partial charge on any atom is 0.275 e. The van der Waals surface area contributed by atoms with Gasteiger partial charge in [0.25, 0.3) is 11.1 Å². The molecular weight excluding hydrogens is 364 g/mol. The van der Waals surface area contributed by atoms with Gasteiger partial charge in [-0.05, 0) is 25.0 Å². The molecule has 0 amide bonds. The third-order valence-corrected chi connectivity index (χ3v) is 5.44. The number of aromatic amines is 2. The predicted octanol–water partition coefficient (Wildman–Crippen LogP) is 2.04. The number of H-pyrrole nitrogens is 2. The van der Waals surface area contributed by atoms with Crippen molar-refractivity contribution in [2.45, 2.75) is 24.8 Å². The van der Waals surface area contributed by atoms with Crippen molar-refractivity contribution in [1.82, 2.24) is 29.5 Å². The van der Waals surface area contributed by atoms with Crippen LogP contribution in [0.2, 0.25) is 0 Å². The van der Waals surface area contributed by atoms with Gasteiger partial charge < -0.3 is 0 Å². The van der Waals surface area contributed by atoms with Crippen molar-refractivity contribution in [2.24, 2.45) is 7.05 Å². The van der Waals surface area contributed by atoms with Crippen LogP contribution in [0.3, 0.4) is 0 Å². The number of pyridine rings is 1. The summed E-state index contributed by atoms with van der Waals surface area (Å²) >= 11 is 1.48. The molecule has 0 unspecified atom stereocenters. The molecule has 0 aliphatic rings. The van der Waals surface area contributed by atoms with Crippen LogP contribution in [0.4, 0.5) is 0 Å². The van der Waals surface area contributed by atoms with Crippen LogP contribution in [0.25, 0.3) is 16.9 Å². The number of hydrogen-bond donors (Lipinski definition) is 2. The lowest BCUT2D eigenvalue weighted by molar-refractivity contribution is 0.751. The number of benzene rings is 1. The van der Waals surface area contributed by atoms with E-state index in [0.717, 1.165) is 5.75 Å². The Morgan fingerprint density at radius 2 is 1.96 bits per heavy atom. The Morgan fingerprint density at radius 1 is 1.19 bits per heavy atom. The molecule has 9 heteroatoms. The first-order valence-electron chi connectivity index (χ1n) is 8.37. The topological polar surface area (TPSA) is 101 Å². The summed E-state index contributed by atoms with van der Waals surface area (Å²) in [6.45, 7) is 3.79. The van der Waals surface area contributed by atoms with E-state index in [1.807, 2.05) is 12.1 Å². The zero-order valence-corrected chi connectivity index (χ0v) is 15.9. The van der Waals surface area contributed by atoms with E-state index in [-0.39, 0.29) is 11.1 Å². The summed E-state index contributed by atoms with van der Waals surface area (Å²) in [7, 11) is 1.62. The smallest absolute Gasteiger partial charge is 0.275 e. The van der Waals surface area contributed by atoms with E-state index < -0.39 is 0 Å². The minimum atomic E-state index is -0.284. The number of fused-ring (bicyclic) bond motifs is 1. The van der Waals surface area contributed by atoms with Gasteiger partial charge in [0, 0.05) is 24.6 Å². The van der Waals surface area contributed by atoms with Gasteiger partial charge in [-0.3, -0.25) is 19.4 Å². The first kappa shape index (κ1) is 17.3. The summed E-state index contributed by atoms with van der Waals surface area (Å²) in [5, 5.41) is 10.9. The fourth-order valence-corrected chi connectivity index (χ4v) is 3.94. The molecule has 138 valence electrons. The van der Waals surface area contributed by atoms with Crippen LogP contribution in [-0.2, 0) is 12.8 Å². The molecule has 0 saturated heterocycles. The molecule has 0 saturated carbocycles. The average molecular weight is 382 g/mol. The van der Waals surface area contributed by atoms with E-state index in [9.17, 15) is 9.59 Å². The first-order valence-corrected chi connectivity index (χ1v) is 9.35. The quantitative estimate of drug-likeness (QED) is 0.526. The average Bonchev–Trinajstić information content (AvgIpc) is 3.19. The summed E-state index contributed by atoms with van der Waals surface area (Å²) in [6, 6.07) is 9.54. The van der Waals surface area contributed by atoms with E-state index in [1.165, 1.54) is 38.2 Å². The number of nitrogens with zero attached hydrogens (tertiary/aromatic N) is 4. The number of nitrogens with one attached hydrogen (secondary N) is 2. The molecule has 0 atom stereocenters. The van der Waals surface area contributed by atoms with Crippen LogP contribution < -0.4 is 11.1 Å². The number of rotatable bonds is 4. The largest absolute Gasteiger partial charge is 0.295 e. The maximum absolute atomic E-state index is 12.5. The normalized spacial score (nSPS) is 11.4. The molecule has 0 aliphatic carbocycles. The molecule has 4 aromatic rings. The van der Waals surface area contributed by atoms with Crippen LogP contribution in [0.5, 0.6) is 0 Å². The molecule has 0 radical (unpaired) electrons. The lowest BCUT2D eigenvalue weighted by Gasteiger charge is -2.05. The zero-order chi connectivity index (χ0) is 19.1. The van der Waals surface area contributed by atoms with E-state index in [0.29, 0.717) is 27.7 Å². The van der Waals surface area contributed by atoms with E-state index in [2.05, 4.69) is 39.3 Å². The van der Waals surface area contributed by atoms with Gasteiger partial charge in [-0.2, -0.15) is 4.98 Å². The molecule has 0 spiro atoms. The highest BCUT2D eigenvalue weighted by Gasteiger charge is 2.16. The summed E-state index contributed by atoms with van der Waals surface area (Å²) < 4.78 is 2.73. The van der Waals surface area contributed by atoms with E-state index >= 15 is 0 Å². The molecule has 1 aromatic carbocycles. The number of thioether (sulfide) groups is 1. The van der Waals surface area contributed by atoms with Crippen LogP contribution in [0, 0.1) is 13.8 Å². The molecule has 8 nitrogen and oxygen atoms in total. The Hall–Kier alpha value is -3.07. The minimum absolute atomic E-state index is 0.190. The Kier molecular flexibility index (Phi) is 4.23. The third kappa shape index (κ3) is 2.99. The van der Waals surface area contributed by atoms with E-state index in [1.54, 1.807) is 14.0 Å². The second kappa shape index (κ2) is 6.58. The van der Waals surface area contributed by atoms with Gasteiger partial charge in [0.2, 0.25) is 11.1 Å². The maximum atomic E-state index is 12.5. The second-order valence-electron chi connectivity index (χ2n) is 6.32. The van der Waals surface area contributed by atoms with Gasteiger partial charge in [-0.15, -0.1) is 5.10 Å². The molecule has 0 fully saturated rings. The first-order chi connectivity index (χ1) is 13.0. The van der Waals surface area contributed by atoms with Gasteiger partial charge in [0.1, 0.15) is 0 Å². The lowest BCUT2D eigenvalue weighted by atomic mass is 10.1. The number of aryl methyl sites for hydroxylation is 3. The van der Waals surface area contributed by atoms with Gasteiger partial charge in [-0.1, -0.05) is 36.0 Å². The molecule has 4 rings (SSSR count). The summed E-state index contributed by atoms with van der Waals surface area (Å²) in [4.78, 5) is 29.3. The number of aromatic nitrogens is 6. The fraction of sp³-hybridized carbons (Fsp3) is 0.222. The van der Waals surface area contributed by atoms with Crippen molar-refractivity contribution in [1.29, 1.82) is 0 Å². The monoisotopic (exact) mass is 382 g/mol. The molecule has 0 bridgehead atoms. The molecule has 3 heterocycles. The van der Waals surface area contributed by atoms with Gasteiger partial charge in [-0.25, -0.2) is 9.67 Å². The molecule has 3 aromatic heterocycles. The highest BCUT2D eigenvalue weighted by molar-refractivity contribution is 7.98. The Balaban J connectivity index is 1.69. The minimum Gasteiger partial charge on any atom is -0.295 e. The Morgan fingerprint density at radius 3 is 2.74 bits per heavy atom. The molecular formula is C18H18N6O2S. The van der Waals surface area contributed by atoms with Gasteiger partial charge in [0.05, 0.1) is 10.9 Å². The summed E-state index contributed by atoms with van der Waals surface area (Å²) in [6.07, 6.45) is 0.